The van der Waals surface area contributed by atoms with Gasteiger partial charge in [0.2, 0.25) is 0 Å². The lowest BCUT2D eigenvalue weighted by molar-refractivity contribution is 0.194. The molecule has 2 rings (SSSR count). The van der Waals surface area contributed by atoms with E-state index in [1.54, 1.807) is 18.4 Å². The summed E-state index contributed by atoms with van der Waals surface area (Å²) in [5.41, 5.74) is 3.57. The quantitative estimate of drug-likeness (QED) is 0.758. The van der Waals surface area contributed by atoms with E-state index in [9.17, 15) is 0 Å². The van der Waals surface area contributed by atoms with E-state index in [0.29, 0.717) is 0 Å². The highest BCUT2D eigenvalue weighted by molar-refractivity contribution is 7.09. The number of benzene rings is 1. The van der Waals surface area contributed by atoms with Crippen molar-refractivity contribution in [3.8, 4) is 11.3 Å². The number of hydrogen-bond donors (Lipinski definition) is 1. The third-order valence-corrected chi connectivity index (χ3v) is 4.03. The molecule has 0 amide bonds. The van der Waals surface area contributed by atoms with Crippen molar-refractivity contribution < 1.29 is 4.74 Å². The lowest BCUT2D eigenvalue weighted by Gasteiger charge is -2.02. The molecule has 0 spiro atoms. The Morgan fingerprint density at radius 3 is 2.75 bits per heavy atom. The zero-order valence-corrected chi connectivity index (χ0v) is 13.0. The minimum absolute atomic E-state index is 0.821. The maximum absolute atomic E-state index is 5.02. The summed E-state index contributed by atoms with van der Waals surface area (Å²) in [4.78, 5) is 4.70. The van der Waals surface area contributed by atoms with Crippen molar-refractivity contribution in [2.24, 2.45) is 0 Å². The number of nitrogens with zero attached hydrogens (tertiary/aromatic N) is 1. The zero-order valence-electron chi connectivity index (χ0n) is 12.2. The van der Waals surface area contributed by atoms with Gasteiger partial charge in [-0.3, -0.25) is 0 Å². The number of thiazole rings is 1. The minimum Gasteiger partial charge on any atom is -0.385 e. The van der Waals surface area contributed by atoms with Crippen LogP contribution in [-0.2, 0) is 11.2 Å². The van der Waals surface area contributed by atoms with Crippen LogP contribution in [-0.4, -0.2) is 31.8 Å². The van der Waals surface area contributed by atoms with Crippen molar-refractivity contribution >= 4 is 11.3 Å². The summed E-state index contributed by atoms with van der Waals surface area (Å²) >= 11 is 1.74. The molecule has 0 unspecified atom stereocenters. The fraction of sp³-hybridized carbons (Fsp3) is 0.438. The van der Waals surface area contributed by atoms with Crippen molar-refractivity contribution in [2.45, 2.75) is 19.8 Å². The molecule has 1 heterocycles. The average Bonchev–Trinajstić information content (AvgIpc) is 2.92. The van der Waals surface area contributed by atoms with Gasteiger partial charge in [0.1, 0.15) is 0 Å². The van der Waals surface area contributed by atoms with Crippen molar-refractivity contribution in [3.05, 3.63) is 40.2 Å². The van der Waals surface area contributed by atoms with Crippen LogP contribution in [0.4, 0.5) is 0 Å². The molecule has 1 N–H and O–H groups in total. The van der Waals surface area contributed by atoms with Crippen LogP contribution in [0.2, 0.25) is 0 Å². The molecular weight excluding hydrogens is 268 g/mol. The molecule has 20 heavy (non-hydrogen) atoms. The lowest BCUT2D eigenvalue weighted by atomic mass is 10.1. The Morgan fingerprint density at radius 1 is 1.20 bits per heavy atom. The summed E-state index contributed by atoms with van der Waals surface area (Å²) in [6.45, 7) is 4.90. The van der Waals surface area contributed by atoms with Gasteiger partial charge in [-0.05, 0) is 19.9 Å². The van der Waals surface area contributed by atoms with Crippen LogP contribution in [0.25, 0.3) is 11.3 Å². The first-order chi connectivity index (χ1) is 9.79. The zero-order chi connectivity index (χ0) is 14.2. The average molecular weight is 290 g/mol. The van der Waals surface area contributed by atoms with Crippen LogP contribution in [0.5, 0.6) is 0 Å². The molecule has 0 atom stereocenters. The molecule has 0 radical (unpaired) electrons. The van der Waals surface area contributed by atoms with Crippen molar-refractivity contribution in [1.29, 1.82) is 0 Å². The summed E-state index contributed by atoms with van der Waals surface area (Å²) in [7, 11) is 1.74. The summed E-state index contributed by atoms with van der Waals surface area (Å²) in [6, 6.07) is 8.53. The van der Waals surface area contributed by atoms with Crippen molar-refractivity contribution in [1.82, 2.24) is 10.3 Å². The molecule has 0 fully saturated rings. The van der Waals surface area contributed by atoms with E-state index in [4.69, 9.17) is 9.72 Å². The van der Waals surface area contributed by atoms with Gasteiger partial charge >= 0.3 is 0 Å². The van der Waals surface area contributed by atoms with Crippen LogP contribution in [0, 0.1) is 6.92 Å². The Balaban J connectivity index is 1.79. The Morgan fingerprint density at radius 2 is 2.00 bits per heavy atom. The van der Waals surface area contributed by atoms with E-state index in [2.05, 4.69) is 41.9 Å². The molecule has 0 saturated heterocycles. The Labute approximate surface area is 125 Å². The van der Waals surface area contributed by atoms with Gasteiger partial charge in [0.25, 0.3) is 0 Å². The fourth-order valence-corrected chi connectivity index (χ4v) is 2.75. The summed E-state index contributed by atoms with van der Waals surface area (Å²) in [6.07, 6.45) is 2.05. The molecule has 1 aromatic carbocycles. The van der Waals surface area contributed by atoms with Crippen molar-refractivity contribution in [2.75, 3.05) is 26.8 Å². The predicted octanol–water partition coefficient (Wildman–Crippen LogP) is 3.29. The molecule has 0 aliphatic carbocycles. The van der Waals surface area contributed by atoms with Gasteiger partial charge in [-0.15, -0.1) is 11.3 Å². The minimum atomic E-state index is 0.821. The van der Waals surface area contributed by atoms with Crippen LogP contribution in [0.15, 0.2) is 29.6 Å². The van der Waals surface area contributed by atoms with Crippen LogP contribution < -0.4 is 5.32 Å². The second kappa shape index (κ2) is 8.15. The standard InChI is InChI=1S/C16H22N2OS/c1-13-4-6-14(7-5-13)15-12-20-16(18-15)8-10-17-9-3-11-19-2/h4-7,12,17H,3,8-11H2,1-2H3. The Hall–Kier alpha value is -1.23. The number of aryl methyl sites for hydroxylation is 1. The predicted molar refractivity (Wildman–Crippen MR) is 85.4 cm³/mol. The number of nitrogens with one attached hydrogen (secondary N) is 1. The number of methoxy groups -OCH3 is 1. The Bertz CT molecular complexity index is 507. The summed E-state index contributed by atoms with van der Waals surface area (Å²) < 4.78 is 5.02. The third-order valence-electron chi connectivity index (χ3n) is 3.12. The van der Waals surface area contributed by atoms with E-state index in [1.165, 1.54) is 16.1 Å². The lowest BCUT2D eigenvalue weighted by Crippen LogP contribution is -2.19. The molecule has 2 aromatic rings. The van der Waals surface area contributed by atoms with E-state index < -0.39 is 0 Å². The van der Waals surface area contributed by atoms with Crippen LogP contribution >= 0.6 is 11.3 Å². The topological polar surface area (TPSA) is 34.1 Å². The number of aromatic nitrogens is 1. The number of hydrogen-bond acceptors (Lipinski definition) is 4. The first-order valence-corrected chi connectivity index (χ1v) is 7.88. The largest absolute Gasteiger partial charge is 0.385 e. The SMILES string of the molecule is COCCCNCCc1nc(-c2ccc(C)cc2)cs1. The number of rotatable bonds is 8. The molecule has 0 saturated carbocycles. The van der Waals surface area contributed by atoms with E-state index in [-0.39, 0.29) is 0 Å². The highest BCUT2D eigenvalue weighted by Crippen LogP contribution is 2.22. The molecule has 0 aliphatic heterocycles. The summed E-state index contributed by atoms with van der Waals surface area (Å²) in [5, 5.41) is 6.75. The molecule has 4 heteroatoms. The molecule has 0 bridgehead atoms. The van der Waals surface area contributed by atoms with Gasteiger partial charge in [-0.25, -0.2) is 4.98 Å². The smallest absolute Gasteiger partial charge is 0.0945 e. The maximum Gasteiger partial charge on any atom is 0.0945 e. The van der Waals surface area contributed by atoms with Gasteiger partial charge in [0.05, 0.1) is 10.7 Å². The fourth-order valence-electron chi connectivity index (χ4n) is 1.94. The van der Waals surface area contributed by atoms with Gasteiger partial charge in [-0.2, -0.15) is 0 Å². The van der Waals surface area contributed by atoms with Gasteiger partial charge in [0, 0.05) is 37.6 Å². The van der Waals surface area contributed by atoms with Gasteiger partial charge in [0.15, 0.2) is 0 Å². The molecular formula is C16H22N2OS. The van der Waals surface area contributed by atoms with Gasteiger partial charge < -0.3 is 10.1 Å². The monoisotopic (exact) mass is 290 g/mol. The van der Waals surface area contributed by atoms with Crippen LogP contribution in [0.1, 0.15) is 17.0 Å². The second-order valence-electron chi connectivity index (χ2n) is 4.84. The highest BCUT2D eigenvalue weighted by Gasteiger charge is 2.04. The normalized spacial score (nSPS) is 10.9. The third kappa shape index (κ3) is 4.71. The second-order valence-corrected chi connectivity index (χ2v) is 5.78. The first kappa shape index (κ1) is 15.2. The van der Waals surface area contributed by atoms with Crippen LogP contribution in [0.3, 0.4) is 0 Å². The highest BCUT2D eigenvalue weighted by atomic mass is 32.1. The number of ether oxygens (including phenoxy) is 1. The van der Waals surface area contributed by atoms with E-state index in [1.807, 2.05) is 0 Å². The van der Waals surface area contributed by atoms with Crippen molar-refractivity contribution in [3.63, 3.8) is 0 Å². The molecule has 0 aliphatic rings. The van der Waals surface area contributed by atoms with E-state index in [0.717, 1.165) is 38.2 Å². The Kier molecular flexibility index (Phi) is 6.18. The maximum atomic E-state index is 5.02. The summed E-state index contributed by atoms with van der Waals surface area (Å²) in [5.74, 6) is 0. The first-order valence-electron chi connectivity index (χ1n) is 7.00. The van der Waals surface area contributed by atoms with E-state index >= 15 is 0 Å². The molecule has 108 valence electrons. The molecule has 3 nitrogen and oxygen atoms in total. The molecule has 1 aromatic heterocycles. The van der Waals surface area contributed by atoms with Gasteiger partial charge in [-0.1, -0.05) is 29.8 Å².